The number of hydrogen-bond acceptors (Lipinski definition) is 6. The Hall–Kier alpha value is -4.18. The van der Waals surface area contributed by atoms with E-state index in [0.29, 0.717) is 0 Å². The SMILES string of the molecule is CC(C)(C)NS(=O)(=O)c1ccc(C2(O)C(=O)N(C(=O)c3ccc(-c4ccncc4)cc3)c3ccccc32)cc1. The van der Waals surface area contributed by atoms with Gasteiger partial charge in [0.15, 0.2) is 5.60 Å². The first kappa shape index (κ1) is 26.4. The molecule has 3 aromatic carbocycles. The summed E-state index contributed by atoms with van der Waals surface area (Å²) in [6, 6.07) is 22.5. The van der Waals surface area contributed by atoms with Crippen LogP contribution < -0.4 is 9.62 Å². The molecule has 4 aromatic rings. The van der Waals surface area contributed by atoms with Gasteiger partial charge < -0.3 is 5.11 Å². The molecule has 1 aliphatic rings. The Morgan fingerprint density at radius 3 is 2.08 bits per heavy atom. The maximum atomic E-state index is 13.8. The standard InChI is InChI=1S/C30H27N3O5S/c1-29(2,3)32-39(37,38)24-14-12-23(13-15-24)30(36)25-6-4-5-7-26(25)33(28(30)35)27(34)22-10-8-20(9-11-22)21-16-18-31-19-17-21/h4-19,32,36H,1-3H3. The number of carbonyl (C=O) groups excluding carboxylic acids is 2. The summed E-state index contributed by atoms with van der Waals surface area (Å²) in [5.74, 6) is -1.42. The lowest BCUT2D eigenvalue weighted by atomic mass is 9.87. The second kappa shape index (κ2) is 9.53. The molecule has 1 aromatic heterocycles. The van der Waals surface area contributed by atoms with Crippen molar-refractivity contribution >= 4 is 27.5 Å². The molecule has 8 nitrogen and oxygen atoms in total. The Kier molecular flexibility index (Phi) is 6.46. The van der Waals surface area contributed by atoms with E-state index in [-0.39, 0.29) is 27.3 Å². The van der Waals surface area contributed by atoms with E-state index in [1.807, 2.05) is 12.1 Å². The van der Waals surface area contributed by atoms with Crippen LogP contribution in [0.25, 0.3) is 11.1 Å². The quantitative estimate of drug-likeness (QED) is 0.365. The van der Waals surface area contributed by atoms with Crippen molar-refractivity contribution in [1.82, 2.24) is 9.71 Å². The van der Waals surface area contributed by atoms with Gasteiger partial charge in [0, 0.05) is 29.1 Å². The average Bonchev–Trinajstić information content (AvgIpc) is 3.15. The molecule has 5 rings (SSSR count). The van der Waals surface area contributed by atoms with E-state index >= 15 is 0 Å². The van der Waals surface area contributed by atoms with Crippen molar-refractivity contribution in [3.63, 3.8) is 0 Å². The van der Waals surface area contributed by atoms with Crippen molar-refractivity contribution in [2.24, 2.45) is 0 Å². The normalized spacial score (nSPS) is 17.2. The number of aromatic nitrogens is 1. The highest BCUT2D eigenvalue weighted by molar-refractivity contribution is 7.89. The number of fused-ring (bicyclic) bond motifs is 1. The van der Waals surface area contributed by atoms with E-state index < -0.39 is 33.0 Å². The van der Waals surface area contributed by atoms with Crippen LogP contribution in [0.1, 0.15) is 42.3 Å². The number of para-hydroxylation sites is 1. The molecular formula is C30H27N3O5S. The topological polar surface area (TPSA) is 117 Å². The fraction of sp³-hybridized carbons (Fsp3) is 0.167. The lowest BCUT2D eigenvalue weighted by Gasteiger charge is -2.24. The lowest BCUT2D eigenvalue weighted by molar-refractivity contribution is -0.131. The molecule has 0 spiro atoms. The highest BCUT2D eigenvalue weighted by Crippen LogP contribution is 2.45. The van der Waals surface area contributed by atoms with Crippen LogP contribution in [0.15, 0.2) is 102 Å². The predicted octanol–water partition coefficient (Wildman–Crippen LogP) is 4.25. The van der Waals surface area contributed by atoms with E-state index in [1.54, 1.807) is 81.7 Å². The van der Waals surface area contributed by atoms with Crippen molar-refractivity contribution in [2.45, 2.75) is 36.8 Å². The molecule has 1 atom stereocenters. The Morgan fingerprint density at radius 1 is 0.872 bits per heavy atom. The number of amides is 2. The minimum Gasteiger partial charge on any atom is -0.372 e. The van der Waals surface area contributed by atoms with Gasteiger partial charge >= 0.3 is 0 Å². The molecular weight excluding hydrogens is 514 g/mol. The number of rotatable bonds is 5. The Labute approximate surface area is 227 Å². The van der Waals surface area contributed by atoms with Gasteiger partial charge in [-0.25, -0.2) is 18.0 Å². The maximum Gasteiger partial charge on any atom is 0.275 e. The summed E-state index contributed by atoms with van der Waals surface area (Å²) in [7, 11) is -3.82. The van der Waals surface area contributed by atoms with Crippen molar-refractivity contribution in [2.75, 3.05) is 4.90 Å². The largest absolute Gasteiger partial charge is 0.372 e. The summed E-state index contributed by atoms with van der Waals surface area (Å²) in [4.78, 5) is 32.4. The van der Waals surface area contributed by atoms with E-state index in [9.17, 15) is 23.1 Å². The Bertz CT molecular complexity index is 1660. The molecule has 0 aliphatic carbocycles. The van der Waals surface area contributed by atoms with E-state index in [0.717, 1.165) is 16.0 Å². The number of sulfonamides is 1. The minimum atomic E-state index is -3.82. The third kappa shape index (κ3) is 4.76. The number of pyridine rings is 1. The molecule has 2 amide bonds. The van der Waals surface area contributed by atoms with Crippen LogP contribution in [0, 0.1) is 0 Å². The van der Waals surface area contributed by atoms with Gasteiger partial charge in [0.1, 0.15) is 0 Å². The molecule has 39 heavy (non-hydrogen) atoms. The first-order valence-electron chi connectivity index (χ1n) is 12.3. The summed E-state index contributed by atoms with van der Waals surface area (Å²) < 4.78 is 28.1. The van der Waals surface area contributed by atoms with Crippen molar-refractivity contribution in [3.8, 4) is 11.1 Å². The number of carbonyl (C=O) groups is 2. The van der Waals surface area contributed by atoms with Crippen LogP contribution in [0.4, 0.5) is 5.69 Å². The first-order valence-corrected chi connectivity index (χ1v) is 13.8. The molecule has 2 heterocycles. The van der Waals surface area contributed by atoms with Crippen molar-refractivity contribution in [1.29, 1.82) is 0 Å². The van der Waals surface area contributed by atoms with Crippen LogP contribution in [0.3, 0.4) is 0 Å². The number of benzene rings is 3. The monoisotopic (exact) mass is 541 g/mol. The zero-order valence-electron chi connectivity index (χ0n) is 21.6. The molecule has 2 N–H and O–H groups in total. The molecule has 198 valence electrons. The van der Waals surface area contributed by atoms with Crippen LogP contribution in [-0.4, -0.2) is 35.9 Å². The van der Waals surface area contributed by atoms with Crippen LogP contribution in [0.5, 0.6) is 0 Å². The smallest absolute Gasteiger partial charge is 0.275 e. The molecule has 0 saturated carbocycles. The molecule has 1 aliphatic heterocycles. The number of nitrogens with zero attached hydrogens (tertiary/aromatic N) is 2. The van der Waals surface area contributed by atoms with Gasteiger partial charge in [0.2, 0.25) is 10.0 Å². The van der Waals surface area contributed by atoms with Gasteiger partial charge in [-0.2, -0.15) is 0 Å². The Morgan fingerprint density at radius 2 is 1.46 bits per heavy atom. The maximum absolute atomic E-state index is 13.8. The summed E-state index contributed by atoms with van der Waals surface area (Å²) in [5.41, 5.74) is -0.123. The fourth-order valence-corrected chi connectivity index (χ4v) is 6.08. The molecule has 1 unspecified atom stereocenters. The van der Waals surface area contributed by atoms with Crippen LogP contribution in [-0.2, 0) is 20.4 Å². The van der Waals surface area contributed by atoms with Gasteiger partial charge in [-0.3, -0.25) is 14.6 Å². The van der Waals surface area contributed by atoms with Crippen molar-refractivity contribution < 1.29 is 23.1 Å². The molecule has 0 saturated heterocycles. The third-order valence-corrected chi connectivity index (χ3v) is 8.19. The van der Waals surface area contributed by atoms with Gasteiger partial charge in [-0.1, -0.05) is 42.5 Å². The van der Waals surface area contributed by atoms with Gasteiger partial charge in [0.05, 0.1) is 10.6 Å². The van der Waals surface area contributed by atoms with Crippen molar-refractivity contribution in [3.05, 3.63) is 114 Å². The number of anilines is 1. The van der Waals surface area contributed by atoms with Gasteiger partial charge in [0.25, 0.3) is 11.8 Å². The summed E-state index contributed by atoms with van der Waals surface area (Å²) in [6.45, 7) is 5.19. The van der Waals surface area contributed by atoms with Gasteiger partial charge in [-0.15, -0.1) is 0 Å². The fourth-order valence-electron chi connectivity index (χ4n) is 4.66. The summed E-state index contributed by atoms with van der Waals surface area (Å²) in [6.07, 6.45) is 3.36. The second-order valence-corrected chi connectivity index (χ2v) is 12.0. The van der Waals surface area contributed by atoms with Gasteiger partial charge in [-0.05, 0) is 79.9 Å². The molecule has 0 bridgehead atoms. The number of aliphatic hydroxyl groups is 1. The number of hydrogen-bond donors (Lipinski definition) is 2. The first-order chi connectivity index (χ1) is 18.4. The predicted molar refractivity (Wildman–Crippen MR) is 147 cm³/mol. The highest BCUT2D eigenvalue weighted by Gasteiger charge is 2.53. The molecule has 9 heteroatoms. The van der Waals surface area contributed by atoms with E-state index in [2.05, 4.69) is 9.71 Å². The Balaban J connectivity index is 1.49. The summed E-state index contributed by atoms with van der Waals surface area (Å²) >= 11 is 0. The minimum absolute atomic E-state index is 0.00859. The third-order valence-electron chi connectivity index (χ3n) is 6.42. The number of nitrogens with one attached hydrogen (secondary N) is 1. The zero-order valence-corrected chi connectivity index (χ0v) is 22.4. The molecule has 0 radical (unpaired) electrons. The second-order valence-electron chi connectivity index (χ2n) is 10.4. The van der Waals surface area contributed by atoms with Crippen LogP contribution in [0.2, 0.25) is 0 Å². The van der Waals surface area contributed by atoms with E-state index in [1.165, 1.54) is 24.3 Å². The highest BCUT2D eigenvalue weighted by atomic mass is 32.2. The zero-order chi connectivity index (χ0) is 28.0. The summed E-state index contributed by atoms with van der Waals surface area (Å²) in [5, 5.41) is 11.8. The van der Waals surface area contributed by atoms with E-state index in [4.69, 9.17) is 0 Å². The van der Waals surface area contributed by atoms with Crippen LogP contribution >= 0.6 is 0 Å². The molecule has 0 fully saturated rings. The number of imide groups is 1. The average molecular weight is 542 g/mol. The lowest BCUT2D eigenvalue weighted by Crippen LogP contribution is -2.44.